The number of nitriles is 1. The van der Waals surface area contributed by atoms with E-state index in [4.69, 9.17) is 5.26 Å². The summed E-state index contributed by atoms with van der Waals surface area (Å²) in [6.07, 6.45) is 5.86. The van der Waals surface area contributed by atoms with Crippen LogP contribution in [-0.2, 0) is 6.42 Å². The number of anilines is 1. The molecule has 1 aromatic carbocycles. The van der Waals surface area contributed by atoms with Crippen molar-refractivity contribution in [2.24, 2.45) is 0 Å². The van der Waals surface area contributed by atoms with Crippen LogP contribution in [0.5, 0.6) is 0 Å². The molecule has 0 spiro atoms. The molecule has 0 saturated heterocycles. The maximum atomic E-state index is 14.8. The summed E-state index contributed by atoms with van der Waals surface area (Å²) in [6.45, 7) is 1.83. The summed E-state index contributed by atoms with van der Waals surface area (Å²) in [5, 5.41) is 14.8. The number of benzene rings is 1. The van der Waals surface area contributed by atoms with Gasteiger partial charge in [0.2, 0.25) is 0 Å². The number of rotatable bonds is 2. The number of carbonyl (C=O) groups excluding carboxylic acids is 1. The van der Waals surface area contributed by atoms with Crippen LogP contribution in [0.4, 0.5) is 10.1 Å². The first-order valence-corrected chi connectivity index (χ1v) is 7.24. The monoisotopic (exact) mass is 297 g/mol. The van der Waals surface area contributed by atoms with Crippen LogP contribution in [0, 0.1) is 17.1 Å². The largest absolute Gasteiger partial charge is 0.375 e. The van der Waals surface area contributed by atoms with Crippen LogP contribution in [0.25, 0.3) is 0 Å². The highest BCUT2D eigenvalue weighted by atomic mass is 19.1. The van der Waals surface area contributed by atoms with Gasteiger partial charge in [-0.25, -0.2) is 4.39 Å². The van der Waals surface area contributed by atoms with Crippen molar-refractivity contribution < 1.29 is 9.18 Å². The van der Waals surface area contributed by atoms with Gasteiger partial charge in [-0.3, -0.25) is 4.79 Å². The zero-order valence-electron chi connectivity index (χ0n) is 12.4. The number of hydrogen-bond donors (Lipinski definition) is 2. The number of fused-ring (bicyclic) bond motifs is 3. The van der Waals surface area contributed by atoms with Gasteiger partial charge in [0.1, 0.15) is 0 Å². The summed E-state index contributed by atoms with van der Waals surface area (Å²) in [7, 11) is 1.53. The van der Waals surface area contributed by atoms with Crippen molar-refractivity contribution in [1.29, 1.82) is 5.26 Å². The summed E-state index contributed by atoms with van der Waals surface area (Å²) in [6, 6.07) is 3.78. The van der Waals surface area contributed by atoms with Gasteiger partial charge in [-0.1, -0.05) is 19.1 Å². The SMILES string of the molecule is CCc1c(C(=O)NC)cc2c(c1F)NC1C=CC(C#N)=CC21. The number of amides is 1. The molecular formula is C17H16FN3O. The van der Waals surface area contributed by atoms with E-state index in [0.29, 0.717) is 28.8 Å². The molecule has 2 N–H and O–H groups in total. The molecule has 4 nitrogen and oxygen atoms in total. The summed E-state index contributed by atoms with van der Waals surface area (Å²) in [5.41, 5.74) is 2.51. The van der Waals surface area contributed by atoms with Crippen molar-refractivity contribution >= 4 is 11.6 Å². The number of allylic oxidation sites excluding steroid dienone is 2. The zero-order chi connectivity index (χ0) is 15.9. The predicted molar refractivity (Wildman–Crippen MR) is 82.2 cm³/mol. The Balaban J connectivity index is 2.18. The van der Waals surface area contributed by atoms with Gasteiger partial charge in [0.15, 0.2) is 5.82 Å². The van der Waals surface area contributed by atoms with E-state index in [2.05, 4.69) is 16.7 Å². The Hall–Kier alpha value is -2.61. The quantitative estimate of drug-likeness (QED) is 0.882. The molecule has 112 valence electrons. The zero-order valence-corrected chi connectivity index (χ0v) is 12.4. The Morgan fingerprint density at radius 2 is 2.32 bits per heavy atom. The molecule has 1 amide bonds. The third kappa shape index (κ3) is 2.00. The first-order chi connectivity index (χ1) is 10.6. The van der Waals surface area contributed by atoms with Gasteiger partial charge in [0.25, 0.3) is 5.91 Å². The molecule has 0 aromatic heterocycles. The van der Waals surface area contributed by atoms with Gasteiger partial charge >= 0.3 is 0 Å². The molecule has 1 heterocycles. The maximum absolute atomic E-state index is 14.8. The normalized spacial score (nSPS) is 21.3. The fourth-order valence-corrected chi connectivity index (χ4v) is 3.15. The van der Waals surface area contributed by atoms with E-state index in [9.17, 15) is 9.18 Å². The number of carbonyl (C=O) groups is 1. The fourth-order valence-electron chi connectivity index (χ4n) is 3.15. The number of nitrogens with one attached hydrogen (secondary N) is 2. The average molecular weight is 297 g/mol. The van der Waals surface area contributed by atoms with Crippen LogP contribution in [-0.4, -0.2) is 19.0 Å². The summed E-state index contributed by atoms with van der Waals surface area (Å²) >= 11 is 0. The van der Waals surface area contributed by atoms with Crippen molar-refractivity contribution in [3.8, 4) is 6.07 Å². The first-order valence-electron chi connectivity index (χ1n) is 7.24. The maximum Gasteiger partial charge on any atom is 0.251 e. The predicted octanol–water partition coefficient (Wildman–Crippen LogP) is 2.65. The Labute approximate surface area is 128 Å². The van der Waals surface area contributed by atoms with Gasteiger partial charge in [-0.05, 0) is 24.1 Å². The molecule has 1 aliphatic heterocycles. The lowest BCUT2D eigenvalue weighted by atomic mass is 9.87. The van der Waals surface area contributed by atoms with Gasteiger partial charge in [0.05, 0.1) is 17.8 Å². The van der Waals surface area contributed by atoms with Crippen LogP contribution in [0.3, 0.4) is 0 Å². The highest BCUT2D eigenvalue weighted by Gasteiger charge is 2.35. The molecule has 1 aromatic rings. The topological polar surface area (TPSA) is 64.9 Å². The molecule has 0 fully saturated rings. The van der Waals surface area contributed by atoms with Crippen molar-refractivity contribution in [3.63, 3.8) is 0 Å². The fraction of sp³-hybridized carbons (Fsp3) is 0.294. The molecule has 0 saturated carbocycles. The highest BCUT2D eigenvalue weighted by molar-refractivity contribution is 5.97. The lowest BCUT2D eigenvalue weighted by Gasteiger charge is -2.17. The van der Waals surface area contributed by atoms with Gasteiger partial charge in [0, 0.05) is 29.7 Å². The second-order valence-corrected chi connectivity index (χ2v) is 5.40. The van der Waals surface area contributed by atoms with Crippen LogP contribution in [0.2, 0.25) is 0 Å². The Kier molecular flexibility index (Phi) is 3.45. The third-order valence-corrected chi connectivity index (χ3v) is 4.25. The number of halogens is 1. The van der Waals surface area contributed by atoms with Crippen LogP contribution < -0.4 is 10.6 Å². The van der Waals surface area contributed by atoms with Gasteiger partial charge < -0.3 is 10.6 Å². The van der Waals surface area contributed by atoms with Gasteiger partial charge in [-0.15, -0.1) is 0 Å². The van der Waals surface area contributed by atoms with E-state index >= 15 is 0 Å². The van der Waals surface area contributed by atoms with E-state index < -0.39 is 0 Å². The molecule has 3 rings (SSSR count). The molecule has 1 aliphatic carbocycles. The molecule has 0 radical (unpaired) electrons. The van der Waals surface area contributed by atoms with E-state index in [1.165, 1.54) is 7.05 Å². The standard InChI is InChI=1S/C17H16FN3O/c1-3-10-13(17(22)20-2)7-12-11-6-9(8-19)4-5-14(11)21-16(12)15(10)18/h4-7,11,14,21H,3H2,1-2H3,(H,20,22). The Morgan fingerprint density at radius 1 is 1.55 bits per heavy atom. The second kappa shape index (κ2) is 5.30. The molecule has 2 unspecified atom stereocenters. The first kappa shape index (κ1) is 14.3. The summed E-state index contributed by atoms with van der Waals surface area (Å²) in [5.74, 6) is -0.787. The highest BCUT2D eigenvalue weighted by Crippen LogP contribution is 2.43. The molecule has 0 bridgehead atoms. The van der Waals surface area contributed by atoms with E-state index in [1.54, 1.807) is 12.1 Å². The van der Waals surface area contributed by atoms with Crippen molar-refractivity contribution in [1.82, 2.24) is 5.32 Å². The average Bonchev–Trinajstić information content (AvgIpc) is 2.92. The van der Waals surface area contributed by atoms with Crippen LogP contribution in [0.15, 0.2) is 29.9 Å². The minimum Gasteiger partial charge on any atom is -0.375 e. The van der Waals surface area contributed by atoms with Crippen LogP contribution >= 0.6 is 0 Å². The smallest absolute Gasteiger partial charge is 0.251 e. The minimum absolute atomic E-state index is 0.0776. The molecule has 5 heteroatoms. The second-order valence-electron chi connectivity index (χ2n) is 5.40. The molecule has 2 aliphatic rings. The molecular weight excluding hydrogens is 281 g/mol. The van der Waals surface area contributed by atoms with Gasteiger partial charge in [-0.2, -0.15) is 5.26 Å². The molecule has 2 atom stereocenters. The number of hydrogen-bond acceptors (Lipinski definition) is 3. The summed E-state index contributed by atoms with van der Waals surface area (Å²) in [4.78, 5) is 12.0. The van der Waals surface area contributed by atoms with Crippen molar-refractivity contribution in [2.45, 2.75) is 25.3 Å². The van der Waals surface area contributed by atoms with E-state index in [0.717, 1.165) is 5.56 Å². The minimum atomic E-state index is -0.367. The third-order valence-electron chi connectivity index (χ3n) is 4.25. The Morgan fingerprint density at radius 3 is 2.95 bits per heavy atom. The van der Waals surface area contributed by atoms with Crippen molar-refractivity contribution in [3.05, 3.63) is 52.4 Å². The Bertz CT molecular complexity index is 758. The lowest BCUT2D eigenvalue weighted by Crippen LogP contribution is -2.20. The van der Waals surface area contributed by atoms with Crippen molar-refractivity contribution in [2.75, 3.05) is 12.4 Å². The molecule has 22 heavy (non-hydrogen) atoms. The van der Waals surface area contributed by atoms with E-state index in [-0.39, 0.29) is 23.7 Å². The number of nitrogens with zero attached hydrogens (tertiary/aromatic N) is 1. The lowest BCUT2D eigenvalue weighted by molar-refractivity contribution is 0.0961. The van der Waals surface area contributed by atoms with E-state index in [1.807, 2.05) is 19.1 Å². The van der Waals surface area contributed by atoms with Crippen LogP contribution in [0.1, 0.15) is 34.3 Å². The summed E-state index contributed by atoms with van der Waals surface area (Å²) < 4.78 is 14.8.